The van der Waals surface area contributed by atoms with Crippen LogP contribution in [0.1, 0.15) is 11.1 Å². The molecular weight excluding hydrogens is 310 g/mol. The molecule has 1 aromatic carbocycles. The monoisotopic (exact) mass is 329 g/mol. The third-order valence-corrected chi connectivity index (χ3v) is 4.28. The molecule has 0 saturated heterocycles. The molecule has 25 heavy (non-hydrogen) atoms. The van der Waals surface area contributed by atoms with Crippen molar-refractivity contribution >= 4 is 11.3 Å². The van der Waals surface area contributed by atoms with Crippen molar-refractivity contribution in [3.8, 4) is 11.3 Å². The van der Waals surface area contributed by atoms with E-state index in [-0.39, 0.29) is 0 Å². The van der Waals surface area contributed by atoms with Crippen molar-refractivity contribution < 1.29 is 0 Å². The Hall–Kier alpha value is -3.21. The number of fused-ring (bicyclic) bond motifs is 1. The van der Waals surface area contributed by atoms with E-state index in [2.05, 4.69) is 44.2 Å². The standard InChI is InChI=1S/C20H19N5/c1-24(2)18-7-5-15(6-8-18)12-17-14-23-25-19(9-11-22-20(17)25)16-4-3-10-21-13-16/h3-11,13-14H,12H2,1-2H3. The second-order valence-electron chi connectivity index (χ2n) is 6.21. The highest BCUT2D eigenvalue weighted by molar-refractivity contribution is 5.63. The number of pyridine rings is 1. The van der Waals surface area contributed by atoms with Gasteiger partial charge in [0.25, 0.3) is 0 Å². The summed E-state index contributed by atoms with van der Waals surface area (Å²) in [7, 11) is 4.09. The van der Waals surface area contributed by atoms with Crippen molar-refractivity contribution in [1.29, 1.82) is 0 Å². The van der Waals surface area contributed by atoms with Crippen molar-refractivity contribution in [2.45, 2.75) is 6.42 Å². The minimum atomic E-state index is 0.806. The molecule has 0 fully saturated rings. The fourth-order valence-electron chi connectivity index (χ4n) is 2.93. The number of aromatic nitrogens is 4. The number of hydrogen-bond acceptors (Lipinski definition) is 4. The summed E-state index contributed by atoms with van der Waals surface area (Å²) < 4.78 is 1.89. The van der Waals surface area contributed by atoms with E-state index in [1.54, 1.807) is 6.20 Å². The first-order valence-corrected chi connectivity index (χ1v) is 8.20. The molecule has 3 heterocycles. The zero-order chi connectivity index (χ0) is 17.2. The first kappa shape index (κ1) is 15.3. The molecule has 3 aromatic heterocycles. The molecule has 0 aliphatic heterocycles. The smallest absolute Gasteiger partial charge is 0.159 e. The molecular formula is C20H19N5. The normalized spacial score (nSPS) is 11.0. The summed E-state index contributed by atoms with van der Waals surface area (Å²) in [6.07, 6.45) is 8.16. The van der Waals surface area contributed by atoms with Crippen LogP contribution < -0.4 is 4.90 Å². The van der Waals surface area contributed by atoms with Gasteiger partial charge in [-0.25, -0.2) is 9.50 Å². The molecule has 5 nitrogen and oxygen atoms in total. The molecule has 0 aliphatic carbocycles. The van der Waals surface area contributed by atoms with E-state index in [1.165, 1.54) is 11.3 Å². The number of nitrogens with zero attached hydrogens (tertiary/aromatic N) is 5. The van der Waals surface area contributed by atoms with Gasteiger partial charge in [-0.15, -0.1) is 0 Å². The van der Waals surface area contributed by atoms with Crippen molar-refractivity contribution in [2.75, 3.05) is 19.0 Å². The van der Waals surface area contributed by atoms with Gasteiger partial charge >= 0.3 is 0 Å². The Balaban J connectivity index is 1.70. The molecule has 0 spiro atoms. The summed E-state index contributed by atoms with van der Waals surface area (Å²) >= 11 is 0. The average molecular weight is 329 g/mol. The lowest BCUT2D eigenvalue weighted by Crippen LogP contribution is -2.08. The highest BCUT2D eigenvalue weighted by atomic mass is 15.3. The van der Waals surface area contributed by atoms with E-state index in [0.717, 1.165) is 28.9 Å². The maximum absolute atomic E-state index is 4.56. The van der Waals surface area contributed by atoms with Crippen LogP contribution in [0.15, 0.2) is 67.3 Å². The van der Waals surface area contributed by atoms with Crippen molar-refractivity contribution in [2.24, 2.45) is 0 Å². The van der Waals surface area contributed by atoms with Crippen molar-refractivity contribution in [3.63, 3.8) is 0 Å². The summed E-state index contributed by atoms with van der Waals surface area (Å²) in [5, 5.41) is 4.56. The SMILES string of the molecule is CN(C)c1ccc(Cc2cnn3c(-c4cccnc4)ccnc23)cc1. The third-order valence-electron chi connectivity index (χ3n) is 4.28. The molecule has 124 valence electrons. The van der Waals surface area contributed by atoms with Gasteiger partial charge in [-0.05, 0) is 35.9 Å². The second-order valence-corrected chi connectivity index (χ2v) is 6.21. The topological polar surface area (TPSA) is 46.3 Å². The van der Waals surface area contributed by atoms with Gasteiger partial charge in [0.15, 0.2) is 5.65 Å². The number of benzene rings is 1. The van der Waals surface area contributed by atoms with Gasteiger partial charge in [-0.3, -0.25) is 4.98 Å². The highest BCUT2D eigenvalue weighted by Crippen LogP contribution is 2.22. The zero-order valence-electron chi connectivity index (χ0n) is 14.3. The Morgan fingerprint density at radius 2 is 1.80 bits per heavy atom. The number of hydrogen-bond donors (Lipinski definition) is 0. The summed E-state index contributed by atoms with van der Waals surface area (Å²) in [6, 6.07) is 14.5. The van der Waals surface area contributed by atoms with Gasteiger partial charge < -0.3 is 4.90 Å². The van der Waals surface area contributed by atoms with E-state index in [1.807, 2.05) is 55.4 Å². The summed E-state index contributed by atoms with van der Waals surface area (Å²) in [5.74, 6) is 0. The Morgan fingerprint density at radius 1 is 0.960 bits per heavy atom. The number of anilines is 1. The molecule has 5 heteroatoms. The minimum Gasteiger partial charge on any atom is -0.378 e. The average Bonchev–Trinajstić information content (AvgIpc) is 3.06. The number of rotatable bonds is 4. The quantitative estimate of drug-likeness (QED) is 0.575. The van der Waals surface area contributed by atoms with Crippen LogP contribution >= 0.6 is 0 Å². The predicted octanol–water partition coefficient (Wildman–Crippen LogP) is 3.45. The zero-order valence-corrected chi connectivity index (χ0v) is 14.3. The summed E-state index contributed by atoms with van der Waals surface area (Å²) in [6.45, 7) is 0. The van der Waals surface area contributed by atoms with Gasteiger partial charge in [0.05, 0.1) is 11.9 Å². The van der Waals surface area contributed by atoms with E-state index in [4.69, 9.17) is 0 Å². The van der Waals surface area contributed by atoms with Crippen LogP contribution in [0.3, 0.4) is 0 Å². The van der Waals surface area contributed by atoms with E-state index >= 15 is 0 Å². The van der Waals surface area contributed by atoms with Crippen molar-refractivity contribution in [3.05, 3.63) is 78.4 Å². The Bertz CT molecular complexity index is 988. The van der Waals surface area contributed by atoms with Gasteiger partial charge in [0, 0.05) is 55.9 Å². The minimum absolute atomic E-state index is 0.806. The van der Waals surface area contributed by atoms with Crippen molar-refractivity contribution in [1.82, 2.24) is 19.6 Å². The molecule has 0 saturated carbocycles. The second kappa shape index (κ2) is 6.36. The molecule has 0 aliphatic rings. The van der Waals surface area contributed by atoms with Crippen LogP contribution in [0.5, 0.6) is 0 Å². The molecule has 0 bridgehead atoms. The fourth-order valence-corrected chi connectivity index (χ4v) is 2.93. The molecule has 0 amide bonds. The van der Waals surface area contributed by atoms with Gasteiger partial charge in [-0.2, -0.15) is 5.10 Å². The van der Waals surface area contributed by atoms with E-state index in [9.17, 15) is 0 Å². The summed E-state index contributed by atoms with van der Waals surface area (Å²) in [5.41, 5.74) is 6.46. The lowest BCUT2D eigenvalue weighted by atomic mass is 10.1. The largest absolute Gasteiger partial charge is 0.378 e. The van der Waals surface area contributed by atoms with E-state index in [0.29, 0.717) is 0 Å². The maximum Gasteiger partial charge on any atom is 0.159 e. The lowest BCUT2D eigenvalue weighted by Gasteiger charge is -2.12. The Kier molecular flexibility index (Phi) is 3.90. The Morgan fingerprint density at radius 3 is 2.52 bits per heavy atom. The first-order valence-electron chi connectivity index (χ1n) is 8.20. The molecule has 4 rings (SSSR count). The van der Waals surface area contributed by atoms with Gasteiger partial charge in [-0.1, -0.05) is 12.1 Å². The van der Waals surface area contributed by atoms with Gasteiger partial charge in [0.2, 0.25) is 0 Å². The van der Waals surface area contributed by atoms with E-state index < -0.39 is 0 Å². The van der Waals surface area contributed by atoms with Crippen LogP contribution in [0, 0.1) is 0 Å². The highest BCUT2D eigenvalue weighted by Gasteiger charge is 2.11. The lowest BCUT2D eigenvalue weighted by molar-refractivity contribution is 0.946. The van der Waals surface area contributed by atoms with Gasteiger partial charge in [0.1, 0.15) is 0 Å². The maximum atomic E-state index is 4.56. The summed E-state index contributed by atoms with van der Waals surface area (Å²) in [4.78, 5) is 10.8. The Labute approximate surface area is 146 Å². The molecule has 0 atom stereocenters. The van der Waals surface area contributed by atoms with Crippen LogP contribution in [0.25, 0.3) is 16.9 Å². The molecule has 0 unspecified atom stereocenters. The predicted molar refractivity (Wildman–Crippen MR) is 99.8 cm³/mol. The fraction of sp³-hybridized carbons (Fsp3) is 0.150. The van der Waals surface area contributed by atoms with Crippen LogP contribution in [-0.2, 0) is 6.42 Å². The van der Waals surface area contributed by atoms with Crippen LogP contribution in [0.4, 0.5) is 5.69 Å². The van der Waals surface area contributed by atoms with Crippen LogP contribution in [0.2, 0.25) is 0 Å². The molecule has 0 radical (unpaired) electrons. The molecule has 0 N–H and O–H groups in total. The third kappa shape index (κ3) is 2.96. The molecule has 4 aromatic rings. The van der Waals surface area contributed by atoms with Crippen LogP contribution in [-0.4, -0.2) is 33.7 Å². The first-order chi connectivity index (χ1) is 12.2.